The summed E-state index contributed by atoms with van der Waals surface area (Å²) in [7, 11) is 0. The van der Waals surface area contributed by atoms with Crippen molar-refractivity contribution in [1.29, 1.82) is 0 Å². The summed E-state index contributed by atoms with van der Waals surface area (Å²) in [5, 5.41) is 10.5. The summed E-state index contributed by atoms with van der Waals surface area (Å²) in [6, 6.07) is 8.81. The molecule has 0 atom stereocenters. The number of aryl methyl sites for hydroxylation is 2. The first-order valence-corrected chi connectivity index (χ1v) is 8.46. The van der Waals surface area contributed by atoms with E-state index in [0.29, 0.717) is 0 Å². The van der Waals surface area contributed by atoms with E-state index < -0.39 is 0 Å². The molecule has 2 N–H and O–H groups in total. The number of rotatable bonds is 6. The highest BCUT2D eigenvalue weighted by Gasteiger charge is 2.16. The summed E-state index contributed by atoms with van der Waals surface area (Å²) in [5.74, 6) is 0. The predicted octanol–water partition coefficient (Wildman–Crippen LogP) is 2.36. The first kappa shape index (κ1) is 18.8. The smallest absolute Gasteiger partial charge is 0.0535 e. The molecule has 132 valence electrons. The zero-order valence-electron chi connectivity index (χ0n) is 14.6. The molecule has 1 aromatic carbocycles. The number of nitrogens with zero attached hydrogens (tertiary/aromatic N) is 3. The van der Waals surface area contributed by atoms with E-state index in [1.165, 1.54) is 16.8 Å². The van der Waals surface area contributed by atoms with Crippen molar-refractivity contribution in [2.45, 2.75) is 20.4 Å². The van der Waals surface area contributed by atoms with E-state index in [9.17, 15) is 0 Å². The third-order valence-electron chi connectivity index (χ3n) is 4.59. The van der Waals surface area contributed by atoms with Crippen molar-refractivity contribution < 1.29 is 0 Å². The molecule has 1 aromatic heterocycles. The Kier molecular flexibility index (Phi) is 7.09. The lowest BCUT2D eigenvalue weighted by molar-refractivity contribution is 0.257. The van der Waals surface area contributed by atoms with E-state index in [1.807, 2.05) is 6.20 Å². The maximum atomic E-state index is 4.05. The van der Waals surface area contributed by atoms with E-state index in [1.54, 1.807) is 0 Å². The fourth-order valence-corrected chi connectivity index (χ4v) is 3.07. The number of nitrogens with one attached hydrogen (secondary N) is 2. The fraction of sp³-hybridized carbons (Fsp3) is 0.500. The van der Waals surface area contributed by atoms with Gasteiger partial charge >= 0.3 is 0 Å². The molecule has 0 spiro atoms. The van der Waals surface area contributed by atoms with Gasteiger partial charge in [-0.05, 0) is 31.5 Å². The van der Waals surface area contributed by atoms with Crippen molar-refractivity contribution in [3.05, 3.63) is 47.3 Å². The summed E-state index contributed by atoms with van der Waals surface area (Å²) in [4.78, 5) is 5.04. The van der Waals surface area contributed by atoms with E-state index in [0.717, 1.165) is 51.5 Å². The molecule has 6 heteroatoms. The van der Waals surface area contributed by atoms with Gasteiger partial charge in [-0.3, -0.25) is 10.00 Å². The van der Waals surface area contributed by atoms with Crippen molar-refractivity contribution in [1.82, 2.24) is 20.4 Å². The van der Waals surface area contributed by atoms with E-state index in [-0.39, 0.29) is 12.4 Å². The van der Waals surface area contributed by atoms with Crippen LogP contribution in [0.1, 0.15) is 16.8 Å². The van der Waals surface area contributed by atoms with Crippen LogP contribution in [0.5, 0.6) is 0 Å². The SMILES string of the molecule is Cc1cccc(N2CCN(CCNCc3cn[nH]c3C)CC2)c1.Cl. The molecule has 0 aliphatic carbocycles. The van der Waals surface area contributed by atoms with Gasteiger partial charge in [0.15, 0.2) is 0 Å². The lowest BCUT2D eigenvalue weighted by atomic mass is 10.2. The van der Waals surface area contributed by atoms with Crippen LogP contribution < -0.4 is 10.2 Å². The number of hydrogen-bond acceptors (Lipinski definition) is 4. The molecular formula is C18H28ClN5. The molecule has 1 saturated heterocycles. The number of hydrogen-bond donors (Lipinski definition) is 2. The Morgan fingerprint density at radius 1 is 1.17 bits per heavy atom. The number of piperazine rings is 1. The average molecular weight is 350 g/mol. The van der Waals surface area contributed by atoms with Crippen LogP contribution in [0.2, 0.25) is 0 Å². The maximum Gasteiger partial charge on any atom is 0.0535 e. The Labute approximate surface area is 150 Å². The lowest BCUT2D eigenvalue weighted by Gasteiger charge is -2.36. The molecule has 3 rings (SSSR count). The molecule has 1 aliphatic rings. The predicted molar refractivity (Wildman–Crippen MR) is 102 cm³/mol. The quantitative estimate of drug-likeness (QED) is 0.786. The largest absolute Gasteiger partial charge is 0.369 e. The molecule has 0 amide bonds. The van der Waals surface area contributed by atoms with Crippen LogP contribution in [0, 0.1) is 13.8 Å². The van der Waals surface area contributed by atoms with Crippen molar-refractivity contribution in [3.8, 4) is 0 Å². The zero-order valence-corrected chi connectivity index (χ0v) is 15.4. The number of halogens is 1. The van der Waals surface area contributed by atoms with Crippen LogP contribution >= 0.6 is 12.4 Å². The average Bonchev–Trinajstić information content (AvgIpc) is 2.97. The second kappa shape index (κ2) is 9.06. The Morgan fingerprint density at radius 3 is 2.62 bits per heavy atom. The molecule has 5 nitrogen and oxygen atoms in total. The van der Waals surface area contributed by atoms with Crippen LogP contribution in [0.25, 0.3) is 0 Å². The summed E-state index contributed by atoms with van der Waals surface area (Å²) in [5.41, 5.74) is 5.11. The van der Waals surface area contributed by atoms with Crippen LogP contribution in [0.3, 0.4) is 0 Å². The van der Waals surface area contributed by atoms with Gasteiger partial charge in [-0.2, -0.15) is 5.10 Å². The third kappa shape index (κ3) is 4.97. The summed E-state index contributed by atoms with van der Waals surface area (Å²) in [6.45, 7) is 11.8. The molecule has 2 aromatic rings. The second-order valence-electron chi connectivity index (χ2n) is 6.36. The summed E-state index contributed by atoms with van der Waals surface area (Å²) in [6.07, 6.45) is 1.91. The van der Waals surface area contributed by atoms with Gasteiger partial charge < -0.3 is 10.2 Å². The molecule has 2 heterocycles. The minimum Gasteiger partial charge on any atom is -0.369 e. The van der Waals surface area contributed by atoms with Gasteiger partial charge in [0.05, 0.1) is 6.20 Å². The normalized spacial score (nSPS) is 15.3. The van der Waals surface area contributed by atoms with Crippen molar-refractivity contribution in [2.75, 3.05) is 44.2 Å². The van der Waals surface area contributed by atoms with E-state index >= 15 is 0 Å². The number of aromatic nitrogens is 2. The van der Waals surface area contributed by atoms with Gasteiger partial charge in [0.2, 0.25) is 0 Å². The lowest BCUT2D eigenvalue weighted by Crippen LogP contribution is -2.48. The third-order valence-corrected chi connectivity index (χ3v) is 4.59. The molecule has 1 aliphatic heterocycles. The van der Waals surface area contributed by atoms with Crippen molar-refractivity contribution in [3.63, 3.8) is 0 Å². The van der Waals surface area contributed by atoms with Gasteiger partial charge in [0, 0.05) is 62.8 Å². The fourth-order valence-electron chi connectivity index (χ4n) is 3.07. The van der Waals surface area contributed by atoms with Gasteiger partial charge in [-0.15, -0.1) is 12.4 Å². The topological polar surface area (TPSA) is 47.2 Å². The first-order valence-electron chi connectivity index (χ1n) is 8.46. The maximum absolute atomic E-state index is 4.05. The molecule has 0 radical (unpaired) electrons. The number of anilines is 1. The zero-order chi connectivity index (χ0) is 16.1. The first-order chi connectivity index (χ1) is 11.2. The molecule has 1 fully saturated rings. The van der Waals surface area contributed by atoms with Crippen LogP contribution in [0.15, 0.2) is 30.5 Å². The molecule has 0 saturated carbocycles. The molecule has 0 unspecified atom stereocenters. The van der Waals surface area contributed by atoms with Gasteiger partial charge in [0.25, 0.3) is 0 Å². The Morgan fingerprint density at radius 2 is 1.96 bits per heavy atom. The summed E-state index contributed by atoms with van der Waals surface area (Å²) < 4.78 is 0. The number of H-pyrrole nitrogens is 1. The second-order valence-corrected chi connectivity index (χ2v) is 6.36. The molecule has 0 bridgehead atoms. The van der Waals surface area contributed by atoms with Crippen molar-refractivity contribution >= 4 is 18.1 Å². The monoisotopic (exact) mass is 349 g/mol. The highest BCUT2D eigenvalue weighted by Crippen LogP contribution is 2.17. The molecule has 24 heavy (non-hydrogen) atoms. The van der Waals surface area contributed by atoms with E-state index in [2.05, 4.69) is 63.4 Å². The Balaban J connectivity index is 0.00000208. The standard InChI is InChI=1S/C18H27N5.ClH/c1-15-4-3-5-18(12-15)23-10-8-22(9-11-23)7-6-19-13-17-14-20-21-16(17)2;/h3-5,12,14,19H,6-11,13H2,1-2H3,(H,20,21);1H. The van der Waals surface area contributed by atoms with Crippen LogP contribution in [0.4, 0.5) is 5.69 Å². The van der Waals surface area contributed by atoms with Crippen LogP contribution in [-0.4, -0.2) is 54.4 Å². The summed E-state index contributed by atoms with van der Waals surface area (Å²) >= 11 is 0. The van der Waals surface area contributed by atoms with Gasteiger partial charge in [0.1, 0.15) is 0 Å². The van der Waals surface area contributed by atoms with Crippen LogP contribution in [-0.2, 0) is 6.54 Å². The minimum absolute atomic E-state index is 0. The minimum atomic E-state index is 0. The van der Waals surface area contributed by atoms with Gasteiger partial charge in [-0.25, -0.2) is 0 Å². The highest BCUT2D eigenvalue weighted by atomic mass is 35.5. The van der Waals surface area contributed by atoms with Crippen molar-refractivity contribution in [2.24, 2.45) is 0 Å². The Bertz CT molecular complexity index is 619. The number of aromatic amines is 1. The molecular weight excluding hydrogens is 322 g/mol. The number of benzene rings is 1. The van der Waals surface area contributed by atoms with Gasteiger partial charge in [-0.1, -0.05) is 12.1 Å². The van der Waals surface area contributed by atoms with E-state index in [4.69, 9.17) is 0 Å². The highest BCUT2D eigenvalue weighted by molar-refractivity contribution is 5.85. The Hall–Kier alpha value is -1.56.